The van der Waals surface area contributed by atoms with Crippen molar-refractivity contribution in [3.63, 3.8) is 0 Å². The molecule has 0 unspecified atom stereocenters. The van der Waals surface area contributed by atoms with Gasteiger partial charge in [-0.15, -0.1) is 0 Å². The number of carbonyl (C=O) groups is 2. The van der Waals surface area contributed by atoms with Crippen LogP contribution in [0.3, 0.4) is 0 Å². The van der Waals surface area contributed by atoms with E-state index in [1.54, 1.807) is 12.1 Å². The summed E-state index contributed by atoms with van der Waals surface area (Å²) in [7, 11) is 0. The molecule has 3 fully saturated rings. The number of hydrogen-bond acceptors (Lipinski definition) is 3. The van der Waals surface area contributed by atoms with Crippen LogP contribution in [-0.2, 0) is 4.79 Å². The SMILES string of the molecule is C[C@H]1CN(C(=O)[C@@H]2C[C@H]2c2ccc(C(N)=O)cc2)CCN1C1CCC1. The molecule has 1 heterocycles. The number of piperazine rings is 1. The lowest BCUT2D eigenvalue weighted by atomic mass is 9.89. The highest BCUT2D eigenvalue weighted by Crippen LogP contribution is 2.48. The van der Waals surface area contributed by atoms with Gasteiger partial charge in [0.05, 0.1) is 0 Å². The first kappa shape index (κ1) is 16.6. The fraction of sp³-hybridized carbons (Fsp3) is 0.600. The van der Waals surface area contributed by atoms with Crippen LogP contribution in [0.15, 0.2) is 24.3 Å². The van der Waals surface area contributed by atoms with Crippen LogP contribution in [0.5, 0.6) is 0 Å². The highest BCUT2D eigenvalue weighted by Gasteiger charge is 2.47. The molecule has 2 saturated carbocycles. The second kappa shape index (κ2) is 6.45. The summed E-state index contributed by atoms with van der Waals surface area (Å²) in [6, 6.07) is 8.62. The largest absolute Gasteiger partial charge is 0.366 e. The summed E-state index contributed by atoms with van der Waals surface area (Å²) in [5, 5.41) is 0. The smallest absolute Gasteiger partial charge is 0.248 e. The van der Waals surface area contributed by atoms with Gasteiger partial charge in [0.15, 0.2) is 0 Å². The quantitative estimate of drug-likeness (QED) is 0.910. The normalized spacial score (nSPS) is 30.0. The number of hydrogen-bond donors (Lipinski definition) is 1. The Morgan fingerprint density at radius 2 is 1.84 bits per heavy atom. The molecule has 1 saturated heterocycles. The second-order valence-corrected chi connectivity index (χ2v) is 7.89. The van der Waals surface area contributed by atoms with E-state index in [0.717, 1.165) is 37.7 Å². The molecule has 4 rings (SSSR count). The summed E-state index contributed by atoms with van der Waals surface area (Å²) in [6.45, 7) is 5.00. The molecule has 2 amide bonds. The predicted molar refractivity (Wildman–Crippen MR) is 96.2 cm³/mol. The molecule has 1 aromatic rings. The van der Waals surface area contributed by atoms with Gasteiger partial charge >= 0.3 is 0 Å². The molecule has 134 valence electrons. The van der Waals surface area contributed by atoms with E-state index in [4.69, 9.17) is 5.73 Å². The van der Waals surface area contributed by atoms with Crippen LogP contribution in [0.4, 0.5) is 0 Å². The van der Waals surface area contributed by atoms with Crippen LogP contribution in [0.2, 0.25) is 0 Å². The molecule has 1 aromatic carbocycles. The van der Waals surface area contributed by atoms with Crippen LogP contribution in [0, 0.1) is 5.92 Å². The number of amides is 2. The van der Waals surface area contributed by atoms with Gasteiger partial charge in [0.1, 0.15) is 0 Å². The minimum absolute atomic E-state index is 0.113. The van der Waals surface area contributed by atoms with Crippen molar-refractivity contribution < 1.29 is 9.59 Å². The van der Waals surface area contributed by atoms with Crippen LogP contribution in [-0.4, -0.2) is 53.3 Å². The van der Waals surface area contributed by atoms with E-state index in [1.807, 2.05) is 12.1 Å². The van der Waals surface area contributed by atoms with Crippen molar-refractivity contribution in [1.29, 1.82) is 0 Å². The molecule has 3 atom stereocenters. The predicted octanol–water partition coefficient (Wildman–Crippen LogP) is 1.97. The number of nitrogens with zero attached hydrogens (tertiary/aromatic N) is 2. The Kier molecular flexibility index (Phi) is 4.28. The van der Waals surface area contributed by atoms with Gasteiger partial charge in [-0.3, -0.25) is 14.5 Å². The summed E-state index contributed by atoms with van der Waals surface area (Å²) in [5.74, 6) is 0.314. The van der Waals surface area contributed by atoms with Gasteiger partial charge in [-0.1, -0.05) is 18.6 Å². The summed E-state index contributed by atoms with van der Waals surface area (Å²) in [4.78, 5) is 28.7. The van der Waals surface area contributed by atoms with Gasteiger partial charge in [-0.05, 0) is 49.8 Å². The molecule has 2 N–H and O–H groups in total. The molecule has 2 aliphatic carbocycles. The zero-order valence-corrected chi connectivity index (χ0v) is 14.9. The highest BCUT2D eigenvalue weighted by atomic mass is 16.2. The van der Waals surface area contributed by atoms with Gasteiger partial charge < -0.3 is 10.6 Å². The van der Waals surface area contributed by atoms with Crippen LogP contribution < -0.4 is 5.73 Å². The summed E-state index contributed by atoms with van der Waals surface area (Å²) < 4.78 is 0. The van der Waals surface area contributed by atoms with E-state index in [1.165, 1.54) is 19.3 Å². The Morgan fingerprint density at radius 1 is 1.12 bits per heavy atom. The minimum Gasteiger partial charge on any atom is -0.366 e. The third kappa shape index (κ3) is 3.17. The molecule has 0 bridgehead atoms. The van der Waals surface area contributed by atoms with Crippen molar-refractivity contribution in [3.8, 4) is 0 Å². The van der Waals surface area contributed by atoms with Crippen LogP contribution in [0.25, 0.3) is 0 Å². The van der Waals surface area contributed by atoms with Crippen molar-refractivity contribution in [1.82, 2.24) is 9.80 Å². The molecule has 0 aromatic heterocycles. The first-order valence-corrected chi connectivity index (χ1v) is 9.49. The van der Waals surface area contributed by atoms with Crippen LogP contribution >= 0.6 is 0 Å². The second-order valence-electron chi connectivity index (χ2n) is 7.89. The Hall–Kier alpha value is -1.88. The average Bonchev–Trinajstić information content (AvgIpc) is 3.35. The Morgan fingerprint density at radius 3 is 2.40 bits per heavy atom. The van der Waals surface area contributed by atoms with Crippen molar-refractivity contribution >= 4 is 11.8 Å². The number of rotatable bonds is 4. The summed E-state index contributed by atoms with van der Waals surface area (Å²) >= 11 is 0. The maximum Gasteiger partial charge on any atom is 0.248 e. The first-order valence-electron chi connectivity index (χ1n) is 9.49. The van der Waals surface area contributed by atoms with Crippen molar-refractivity contribution in [2.24, 2.45) is 11.7 Å². The highest BCUT2D eigenvalue weighted by molar-refractivity contribution is 5.92. The van der Waals surface area contributed by atoms with E-state index in [9.17, 15) is 9.59 Å². The molecule has 3 aliphatic rings. The van der Waals surface area contributed by atoms with E-state index < -0.39 is 5.91 Å². The molecule has 0 radical (unpaired) electrons. The van der Waals surface area contributed by atoms with Crippen LogP contribution in [0.1, 0.15) is 54.4 Å². The molecule has 0 spiro atoms. The van der Waals surface area contributed by atoms with Crippen molar-refractivity contribution in [2.75, 3.05) is 19.6 Å². The minimum atomic E-state index is -0.409. The number of primary amides is 1. The maximum atomic E-state index is 12.9. The summed E-state index contributed by atoms with van der Waals surface area (Å²) in [5.41, 5.74) is 6.95. The van der Waals surface area contributed by atoms with Crippen molar-refractivity contribution in [3.05, 3.63) is 35.4 Å². The van der Waals surface area contributed by atoms with Gasteiger partial charge in [0, 0.05) is 43.2 Å². The molecule has 25 heavy (non-hydrogen) atoms. The molecular weight excluding hydrogens is 314 g/mol. The Labute approximate surface area is 149 Å². The van der Waals surface area contributed by atoms with E-state index in [2.05, 4.69) is 16.7 Å². The fourth-order valence-electron chi connectivity index (χ4n) is 4.40. The topological polar surface area (TPSA) is 66.6 Å². The third-order valence-corrected chi connectivity index (χ3v) is 6.27. The molecule has 5 nitrogen and oxygen atoms in total. The molecule has 5 heteroatoms. The van der Waals surface area contributed by atoms with E-state index in [0.29, 0.717) is 23.4 Å². The van der Waals surface area contributed by atoms with Gasteiger partial charge in [0.25, 0.3) is 0 Å². The Bertz CT molecular complexity index is 668. The zero-order chi connectivity index (χ0) is 17.6. The fourth-order valence-corrected chi connectivity index (χ4v) is 4.40. The Balaban J connectivity index is 1.34. The lowest BCUT2D eigenvalue weighted by Crippen LogP contribution is -2.58. The monoisotopic (exact) mass is 341 g/mol. The first-order chi connectivity index (χ1) is 12.0. The van der Waals surface area contributed by atoms with E-state index in [-0.39, 0.29) is 5.92 Å². The standard InChI is InChI=1S/C20H27N3O2/c1-13-12-22(9-10-23(13)16-3-2-4-16)20(25)18-11-17(18)14-5-7-15(8-6-14)19(21)24/h5-8,13,16-18H,2-4,9-12H2,1H3,(H2,21,24)/t13-,17-,18+/m0/s1. The van der Waals surface area contributed by atoms with Gasteiger partial charge in [-0.2, -0.15) is 0 Å². The average molecular weight is 341 g/mol. The number of carbonyl (C=O) groups excluding carboxylic acids is 2. The van der Waals surface area contributed by atoms with E-state index >= 15 is 0 Å². The van der Waals surface area contributed by atoms with Crippen molar-refractivity contribution in [2.45, 2.75) is 50.6 Å². The lowest BCUT2D eigenvalue weighted by Gasteiger charge is -2.47. The molecular formula is C20H27N3O2. The third-order valence-electron chi connectivity index (χ3n) is 6.27. The van der Waals surface area contributed by atoms with Gasteiger partial charge in [-0.25, -0.2) is 0 Å². The zero-order valence-electron chi connectivity index (χ0n) is 14.9. The summed E-state index contributed by atoms with van der Waals surface area (Å²) in [6.07, 6.45) is 4.93. The lowest BCUT2D eigenvalue weighted by molar-refractivity contribution is -0.136. The number of benzene rings is 1. The van der Waals surface area contributed by atoms with Gasteiger partial charge in [0.2, 0.25) is 11.8 Å². The maximum absolute atomic E-state index is 12.9. The number of nitrogens with two attached hydrogens (primary N) is 1. The molecule has 1 aliphatic heterocycles.